The Hall–Kier alpha value is -2.87. The molecule has 2 nitrogen and oxygen atoms in total. The zero-order valence-electron chi connectivity index (χ0n) is 13.4. The molecule has 3 rings (SSSR count). The van der Waals surface area contributed by atoms with Crippen LogP contribution in [-0.4, -0.2) is 19.9 Å². The molecule has 0 atom stereocenters. The number of hydrogen-bond acceptors (Lipinski definition) is 2. The predicted octanol–water partition coefficient (Wildman–Crippen LogP) is 4.65. The monoisotopic (exact) mass is 301 g/mol. The number of carbonyl (C=O) groups is 1. The second-order valence-corrected chi connectivity index (χ2v) is 5.68. The third-order valence-corrected chi connectivity index (χ3v) is 3.90. The second-order valence-electron chi connectivity index (χ2n) is 5.68. The Balaban J connectivity index is 2.00. The molecular formula is C21H19NO. The predicted molar refractivity (Wildman–Crippen MR) is 96.1 cm³/mol. The molecule has 0 amide bonds. The summed E-state index contributed by atoms with van der Waals surface area (Å²) in [7, 11) is 3.98. The van der Waals surface area contributed by atoms with Crippen molar-refractivity contribution in [1.82, 2.24) is 0 Å². The zero-order valence-corrected chi connectivity index (χ0v) is 13.4. The van der Waals surface area contributed by atoms with Crippen molar-refractivity contribution < 1.29 is 4.79 Å². The van der Waals surface area contributed by atoms with Crippen LogP contribution >= 0.6 is 0 Å². The third-order valence-electron chi connectivity index (χ3n) is 3.90. The summed E-state index contributed by atoms with van der Waals surface area (Å²) in [4.78, 5) is 14.9. The van der Waals surface area contributed by atoms with Crippen LogP contribution in [0, 0.1) is 0 Å². The lowest BCUT2D eigenvalue weighted by atomic mass is 9.94. The second kappa shape index (κ2) is 6.49. The highest BCUT2D eigenvalue weighted by Gasteiger charge is 2.14. The first-order chi connectivity index (χ1) is 11.2. The summed E-state index contributed by atoms with van der Waals surface area (Å²) >= 11 is 0. The molecule has 3 aromatic rings. The first-order valence-electron chi connectivity index (χ1n) is 7.63. The SMILES string of the molecule is CN(C)c1ccc(C(=O)c2ccccc2-c2ccccc2)cc1. The highest BCUT2D eigenvalue weighted by atomic mass is 16.1. The molecule has 0 radical (unpaired) electrons. The molecule has 0 heterocycles. The highest BCUT2D eigenvalue weighted by molar-refractivity contribution is 6.12. The maximum absolute atomic E-state index is 12.9. The summed E-state index contributed by atoms with van der Waals surface area (Å²) in [6.07, 6.45) is 0. The lowest BCUT2D eigenvalue weighted by molar-refractivity contribution is 0.103. The molecule has 0 saturated carbocycles. The van der Waals surface area contributed by atoms with Crippen molar-refractivity contribution in [3.63, 3.8) is 0 Å². The van der Waals surface area contributed by atoms with Gasteiger partial charge in [-0.15, -0.1) is 0 Å². The lowest BCUT2D eigenvalue weighted by Crippen LogP contribution is -2.09. The molecule has 0 bridgehead atoms. The number of carbonyl (C=O) groups excluding carboxylic acids is 1. The van der Waals surface area contributed by atoms with E-state index < -0.39 is 0 Å². The molecule has 0 fully saturated rings. The smallest absolute Gasteiger partial charge is 0.193 e. The van der Waals surface area contributed by atoms with Crippen LogP contribution in [0.5, 0.6) is 0 Å². The largest absolute Gasteiger partial charge is 0.378 e. The maximum atomic E-state index is 12.9. The van der Waals surface area contributed by atoms with Gasteiger partial charge in [0, 0.05) is 30.9 Å². The van der Waals surface area contributed by atoms with E-state index in [1.165, 1.54) is 0 Å². The topological polar surface area (TPSA) is 20.3 Å². The molecule has 0 unspecified atom stereocenters. The fraction of sp³-hybridized carbons (Fsp3) is 0.0952. The third kappa shape index (κ3) is 3.16. The van der Waals surface area contributed by atoms with Gasteiger partial charge < -0.3 is 4.90 Å². The molecule has 3 aromatic carbocycles. The molecule has 2 heteroatoms. The summed E-state index contributed by atoms with van der Waals surface area (Å²) < 4.78 is 0. The lowest BCUT2D eigenvalue weighted by Gasteiger charge is -2.13. The summed E-state index contributed by atoms with van der Waals surface area (Å²) in [6, 6.07) is 25.5. The molecule has 0 aliphatic rings. The Morgan fingerprint density at radius 2 is 1.35 bits per heavy atom. The Kier molecular flexibility index (Phi) is 4.24. The summed E-state index contributed by atoms with van der Waals surface area (Å²) in [5.41, 5.74) is 4.55. The molecule has 114 valence electrons. The van der Waals surface area contributed by atoms with Gasteiger partial charge in [0.05, 0.1) is 0 Å². The number of ketones is 1. The molecule has 0 saturated heterocycles. The summed E-state index contributed by atoms with van der Waals surface area (Å²) in [5, 5.41) is 0. The van der Waals surface area contributed by atoms with E-state index in [9.17, 15) is 4.79 Å². The van der Waals surface area contributed by atoms with Gasteiger partial charge in [-0.25, -0.2) is 0 Å². The van der Waals surface area contributed by atoms with Gasteiger partial charge in [-0.2, -0.15) is 0 Å². The average Bonchev–Trinajstić information content (AvgIpc) is 2.62. The molecular weight excluding hydrogens is 282 g/mol. The van der Waals surface area contributed by atoms with E-state index in [1.54, 1.807) is 0 Å². The van der Waals surface area contributed by atoms with Crippen LogP contribution in [0.15, 0.2) is 78.9 Å². The molecule has 0 N–H and O–H groups in total. The van der Waals surface area contributed by atoms with Crippen LogP contribution in [0.3, 0.4) is 0 Å². The van der Waals surface area contributed by atoms with Crippen LogP contribution in [-0.2, 0) is 0 Å². The van der Waals surface area contributed by atoms with Gasteiger partial charge in [0.25, 0.3) is 0 Å². The maximum Gasteiger partial charge on any atom is 0.193 e. The minimum Gasteiger partial charge on any atom is -0.378 e. The summed E-state index contributed by atoms with van der Waals surface area (Å²) in [6.45, 7) is 0. The Bertz CT molecular complexity index is 805. The first-order valence-corrected chi connectivity index (χ1v) is 7.63. The van der Waals surface area contributed by atoms with Gasteiger partial charge in [0.15, 0.2) is 5.78 Å². The van der Waals surface area contributed by atoms with Crippen LogP contribution in [0.2, 0.25) is 0 Å². The van der Waals surface area contributed by atoms with Gasteiger partial charge in [-0.3, -0.25) is 4.79 Å². The average molecular weight is 301 g/mol. The van der Waals surface area contributed by atoms with Crippen molar-refractivity contribution in [1.29, 1.82) is 0 Å². The minimum absolute atomic E-state index is 0.0507. The van der Waals surface area contributed by atoms with E-state index in [1.807, 2.05) is 97.9 Å². The molecule has 0 aromatic heterocycles. The summed E-state index contributed by atoms with van der Waals surface area (Å²) in [5.74, 6) is 0.0507. The van der Waals surface area contributed by atoms with Gasteiger partial charge in [-0.05, 0) is 35.4 Å². The first kappa shape index (κ1) is 15.0. The Morgan fingerprint density at radius 3 is 2.00 bits per heavy atom. The van der Waals surface area contributed by atoms with Crippen molar-refractivity contribution in [2.45, 2.75) is 0 Å². The van der Waals surface area contributed by atoms with E-state index in [4.69, 9.17) is 0 Å². The number of hydrogen-bond donors (Lipinski definition) is 0. The molecule has 0 spiro atoms. The van der Waals surface area contributed by atoms with Crippen LogP contribution < -0.4 is 4.90 Å². The number of nitrogens with zero attached hydrogens (tertiary/aromatic N) is 1. The van der Waals surface area contributed by atoms with Crippen molar-refractivity contribution in [2.24, 2.45) is 0 Å². The van der Waals surface area contributed by atoms with Crippen LogP contribution in [0.4, 0.5) is 5.69 Å². The number of anilines is 1. The van der Waals surface area contributed by atoms with Gasteiger partial charge >= 0.3 is 0 Å². The van der Waals surface area contributed by atoms with Crippen LogP contribution in [0.1, 0.15) is 15.9 Å². The van der Waals surface area contributed by atoms with E-state index in [-0.39, 0.29) is 5.78 Å². The fourth-order valence-electron chi connectivity index (χ4n) is 2.62. The number of rotatable bonds is 4. The normalized spacial score (nSPS) is 10.3. The standard InChI is InChI=1S/C21H19NO/c1-22(2)18-14-12-17(13-15-18)21(23)20-11-7-6-10-19(20)16-8-4-3-5-9-16/h3-15H,1-2H3. The van der Waals surface area contributed by atoms with E-state index in [0.29, 0.717) is 5.56 Å². The van der Waals surface area contributed by atoms with Crippen molar-refractivity contribution in [2.75, 3.05) is 19.0 Å². The van der Waals surface area contributed by atoms with E-state index in [0.717, 1.165) is 22.4 Å². The fourth-order valence-corrected chi connectivity index (χ4v) is 2.62. The molecule has 0 aliphatic carbocycles. The van der Waals surface area contributed by atoms with Crippen LogP contribution in [0.25, 0.3) is 11.1 Å². The van der Waals surface area contributed by atoms with Crippen molar-refractivity contribution in [3.05, 3.63) is 90.0 Å². The molecule has 0 aliphatic heterocycles. The minimum atomic E-state index is 0.0507. The quantitative estimate of drug-likeness (QED) is 0.654. The number of benzene rings is 3. The van der Waals surface area contributed by atoms with E-state index >= 15 is 0 Å². The van der Waals surface area contributed by atoms with Crippen molar-refractivity contribution in [3.8, 4) is 11.1 Å². The van der Waals surface area contributed by atoms with Gasteiger partial charge in [0.2, 0.25) is 0 Å². The van der Waals surface area contributed by atoms with Gasteiger partial charge in [-0.1, -0.05) is 54.6 Å². The Morgan fingerprint density at radius 1 is 0.739 bits per heavy atom. The van der Waals surface area contributed by atoms with E-state index in [2.05, 4.69) is 0 Å². The highest BCUT2D eigenvalue weighted by Crippen LogP contribution is 2.26. The Labute approximate surface area is 137 Å². The van der Waals surface area contributed by atoms with Crippen molar-refractivity contribution >= 4 is 11.5 Å². The zero-order chi connectivity index (χ0) is 16.2. The van der Waals surface area contributed by atoms with Gasteiger partial charge in [0.1, 0.15) is 0 Å². The molecule has 23 heavy (non-hydrogen) atoms.